The van der Waals surface area contributed by atoms with Crippen LogP contribution in [0.2, 0.25) is 0 Å². The zero-order chi connectivity index (χ0) is 33.9. The Hall–Kier alpha value is -4.30. The molecule has 1 aliphatic heterocycles. The van der Waals surface area contributed by atoms with Crippen LogP contribution in [0.4, 0.5) is 10.5 Å². The molecule has 2 aliphatic rings. The highest BCUT2D eigenvalue weighted by Gasteiger charge is 2.38. The van der Waals surface area contributed by atoms with Gasteiger partial charge in [0, 0.05) is 50.4 Å². The summed E-state index contributed by atoms with van der Waals surface area (Å²) in [5, 5.41) is 22.1. The number of likely N-dealkylation sites (tertiary alicyclic amines) is 1. The van der Waals surface area contributed by atoms with Crippen molar-refractivity contribution < 1.29 is 24.2 Å². The number of amides is 3. The molecule has 2 fully saturated rings. The predicted molar refractivity (Wildman–Crippen MR) is 176 cm³/mol. The van der Waals surface area contributed by atoms with Crippen molar-refractivity contribution in [1.29, 1.82) is 0 Å². The third-order valence-electron chi connectivity index (χ3n) is 8.33. The average Bonchev–Trinajstić information content (AvgIpc) is 3.76. The van der Waals surface area contributed by atoms with E-state index < -0.39 is 17.3 Å². The number of aromatic nitrogens is 4. The highest BCUT2D eigenvalue weighted by Crippen LogP contribution is 2.41. The molecule has 1 saturated carbocycles. The first-order valence-corrected chi connectivity index (χ1v) is 16.2. The summed E-state index contributed by atoms with van der Waals surface area (Å²) >= 11 is 0. The monoisotopic (exact) mass is 650 g/mol. The molecule has 3 N–H and O–H groups in total. The molecule has 254 valence electrons. The van der Waals surface area contributed by atoms with Gasteiger partial charge in [0.25, 0.3) is 11.5 Å². The third-order valence-corrected chi connectivity index (χ3v) is 8.33. The van der Waals surface area contributed by atoms with E-state index in [-0.39, 0.29) is 29.8 Å². The van der Waals surface area contributed by atoms with Crippen LogP contribution in [0.3, 0.4) is 0 Å². The van der Waals surface area contributed by atoms with Gasteiger partial charge in [0.05, 0.1) is 47.2 Å². The lowest BCUT2D eigenvalue weighted by Crippen LogP contribution is -2.49. The molecule has 47 heavy (non-hydrogen) atoms. The summed E-state index contributed by atoms with van der Waals surface area (Å²) in [4.78, 5) is 59.3. The van der Waals surface area contributed by atoms with E-state index in [1.807, 2.05) is 19.0 Å². The normalized spacial score (nSPS) is 16.4. The fourth-order valence-corrected chi connectivity index (χ4v) is 5.63. The smallest absolute Gasteiger partial charge is 0.407 e. The number of aliphatic hydroxyl groups is 1. The van der Waals surface area contributed by atoms with Crippen molar-refractivity contribution in [3.8, 4) is 0 Å². The molecule has 1 aliphatic carbocycles. The Morgan fingerprint density at radius 1 is 1.15 bits per heavy atom. The van der Waals surface area contributed by atoms with Crippen molar-refractivity contribution in [2.75, 3.05) is 45.6 Å². The average molecular weight is 651 g/mol. The van der Waals surface area contributed by atoms with Gasteiger partial charge < -0.3 is 30.3 Å². The number of fused-ring (bicyclic) bond motifs is 1. The van der Waals surface area contributed by atoms with Crippen LogP contribution in [-0.4, -0.2) is 104 Å². The zero-order valence-electron chi connectivity index (χ0n) is 27.9. The molecule has 5 rings (SSSR count). The quantitative estimate of drug-likeness (QED) is 0.283. The van der Waals surface area contributed by atoms with Crippen molar-refractivity contribution in [2.24, 2.45) is 0 Å². The minimum atomic E-state index is -1.19. The first-order valence-electron chi connectivity index (χ1n) is 16.2. The maximum absolute atomic E-state index is 13.6. The number of benzene rings is 1. The van der Waals surface area contributed by atoms with E-state index in [1.165, 1.54) is 10.9 Å². The van der Waals surface area contributed by atoms with E-state index in [0.717, 1.165) is 18.5 Å². The maximum Gasteiger partial charge on any atom is 0.407 e. The van der Waals surface area contributed by atoms with Crippen LogP contribution in [0.15, 0.2) is 35.5 Å². The number of rotatable bonds is 11. The first kappa shape index (κ1) is 34.0. The number of carbonyl (C=O) groups excluding carboxylic acids is 3. The second-order valence-corrected chi connectivity index (χ2v) is 13.9. The standard InChI is InChI=1S/C33H46N8O6/c1-32(2,3)47-31(45)34-13-17-41-19-25(28(37-41)22-6-7-22)30(44)39-15-11-33(46,12-16-39)20-40-21-35-26-18-23(8-9-24(26)29(40)43)36-27(42)10-14-38(4)5/h8-9,18-19,21-22,46H,6-7,10-17,20H2,1-5H3,(H,34,45)(H,36,42). The van der Waals surface area contributed by atoms with Gasteiger partial charge in [-0.2, -0.15) is 5.10 Å². The number of nitrogens with zero attached hydrogens (tertiary/aromatic N) is 6. The van der Waals surface area contributed by atoms with Gasteiger partial charge in [0.15, 0.2) is 0 Å². The Kier molecular flexibility index (Phi) is 10.0. The number of ether oxygens (including phenoxy) is 1. The molecule has 0 bridgehead atoms. The lowest BCUT2D eigenvalue weighted by molar-refractivity contribution is -0.116. The lowest BCUT2D eigenvalue weighted by atomic mass is 9.90. The van der Waals surface area contributed by atoms with E-state index in [0.29, 0.717) is 74.1 Å². The van der Waals surface area contributed by atoms with Crippen LogP contribution in [0.5, 0.6) is 0 Å². The van der Waals surface area contributed by atoms with Gasteiger partial charge in [-0.25, -0.2) is 9.78 Å². The topological polar surface area (TPSA) is 164 Å². The van der Waals surface area contributed by atoms with Crippen molar-refractivity contribution in [3.05, 3.63) is 52.3 Å². The summed E-state index contributed by atoms with van der Waals surface area (Å²) in [6.45, 7) is 7.45. The molecule has 1 aromatic carbocycles. The molecular weight excluding hydrogens is 604 g/mol. The Morgan fingerprint density at radius 3 is 2.53 bits per heavy atom. The SMILES string of the molecule is CN(C)CCC(=O)Nc1ccc2c(=O)n(CC3(O)CCN(C(=O)c4cn(CCNC(=O)OC(C)(C)C)nc4C4CC4)CC3)cnc2c1. The van der Waals surface area contributed by atoms with Crippen LogP contribution in [-0.2, 0) is 22.6 Å². The van der Waals surface area contributed by atoms with Crippen LogP contribution in [0, 0.1) is 0 Å². The molecule has 14 heteroatoms. The molecule has 3 aromatic rings. The number of nitrogens with one attached hydrogen (secondary N) is 2. The minimum absolute atomic E-state index is 0.0513. The van der Waals surface area contributed by atoms with Crippen molar-refractivity contribution in [3.63, 3.8) is 0 Å². The van der Waals surface area contributed by atoms with Gasteiger partial charge in [-0.3, -0.25) is 23.6 Å². The third kappa shape index (κ3) is 8.95. The largest absolute Gasteiger partial charge is 0.444 e. The second kappa shape index (κ2) is 13.8. The van der Waals surface area contributed by atoms with E-state index >= 15 is 0 Å². The van der Waals surface area contributed by atoms with Crippen molar-refractivity contribution in [2.45, 2.75) is 83.1 Å². The Morgan fingerprint density at radius 2 is 1.87 bits per heavy atom. The van der Waals surface area contributed by atoms with Crippen LogP contribution in [0.1, 0.15) is 74.8 Å². The summed E-state index contributed by atoms with van der Waals surface area (Å²) in [5.74, 6) is -0.00322. The number of alkyl carbamates (subject to hydrolysis) is 1. The predicted octanol–water partition coefficient (Wildman–Crippen LogP) is 2.55. The van der Waals surface area contributed by atoms with Gasteiger partial charge >= 0.3 is 6.09 Å². The van der Waals surface area contributed by atoms with Gasteiger partial charge in [-0.05, 0) is 78.7 Å². The first-order chi connectivity index (χ1) is 22.2. The summed E-state index contributed by atoms with van der Waals surface area (Å²) in [7, 11) is 3.80. The number of anilines is 1. The number of hydrogen-bond donors (Lipinski definition) is 3. The summed E-state index contributed by atoms with van der Waals surface area (Å²) in [6, 6.07) is 4.99. The van der Waals surface area contributed by atoms with Gasteiger partial charge in [-0.1, -0.05) is 0 Å². The highest BCUT2D eigenvalue weighted by molar-refractivity contribution is 5.95. The van der Waals surface area contributed by atoms with E-state index in [2.05, 4.69) is 20.7 Å². The molecule has 1 saturated heterocycles. The number of hydrogen-bond acceptors (Lipinski definition) is 9. The molecule has 0 radical (unpaired) electrons. The molecule has 3 heterocycles. The minimum Gasteiger partial charge on any atom is -0.444 e. The summed E-state index contributed by atoms with van der Waals surface area (Å²) in [5.41, 5.74) is 0.291. The van der Waals surface area contributed by atoms with Gasteiger partial charge in [0.1, 0.15) is 5.60 Å². The molecule has 0 spiro atoms. The number of piperidine rings is 1. The number of carbonyl (C=O) groups is 3. The fourth-order valence-electron chi connectivity index (χ4n) is 5.63. The molecule has 0 atom stereocenters. The highest BCUT2D eigenvalue weighted by atomic mass is 16.6. The van der Waals surface area contributed by atoms with Gasteiger partial charge in [0.2, 0.25) is 5.91 Å². The molecule has 14 nitrogen and oxygen atoms in total. The molecule has 2 aromatic heterocycles. The van der Waals surface area contributed by atoms with Gasteiger partial charge in [-0.15, -0.1) is 0 Å². The van der Waals surface area contributed by atoms with Crippen molar-refractivity contribution >= 4 is 34.5 Å². The van der Waals surface area contributed by atoms with E-state index in [9.17, 15) is 24.3 Å². The summed E-state index contributed by atoms with van der Waals surface area (Å²) in [6.07, 6.45) is 5.57. The Bertz CT molecular complexity index is 1680. The fraction of sp³-hybridized carbons (Fsp3) is 0.576. The van der Waals surface area contributed by atoms with E-state index in [1.54, 1.807) is 54.7 Å². The zero-order valence-corrected chi connectivity index (χ0v) is 27.9. The maximum atomic E-state index is 13.6. The molecular formula is C33H46N8O6. The van der Waals surface area contributed by atoms with E-state index in [4.69, 9.17) is 4.74 Å². The Labute approximate surface area is 274 Å². The Balaban J connectivity index is 1.18. The van der Waals surface area contributed by atoms with Crippen LogP contribution in [0.25, 0.3) is 10.9 Å². The van der Waals surface area contributed by atoms with Crippen molar-refractivity contribution in [1.82, 2.24) is 34.4 Å². The summed E-state index contributed by atoms with van der Waals surface area (Å²) < 4.78 is 8.39. The van der Waals surface area contributed by atoms with Crippen LogP contribution < -0.4 is 16.2 Å². The van der Waals surface area contributed by atoms with Crippen LogP contribution >= 0.6 is 0 Å². The molecule has 3 amide bonds. The second-order valence-electron chi connectivity index (χ2n) is 13.9. The lowest BCUT2D eigenvalue weighted by Gasteiger charge is -2.38. The molecule has 0 unspecified atom stereocenters.